The zero-order chi connectivity index (χ0) is 11.5. The Kier molecular flexibility index (Phi) is 3.34. The Hall–Kier alpha value is -1.22. The number of aromatic amines is 1. The molecule has 0 atom stereocenters. The molecule has 84 valence electrons. The summed E-state index contributed by atoms with van der Waals surface area (Å²) < 4.78 is 0. The third-order valence-electron chi connectivity index (χ3n) is 2.23. The van der Waals surface area contributed by atoms with Gasteiger partial charge in [0.1, 0.15) is 0 Å². The number of aromatic nitrogens is 2. The topological polar surface area (TPSA) is 28.7 Å². The predicted octanol–water partition coefficient (Wildman–Crippen LogP) is 3.89. The first-order chi connectivity index (χ1) is 7.65. The highest BCUT2D eigenvalue weighted by molar-refractivity contribution is 7.99. The van der Waals surface area contributed by atoms with Gasteiger partial charge in [0.25, 0.3) is 0 Å². The van der Waals surface area contributed by atoms with Crippen LogP contribution in [-0.2, 0) is 0 Å². The molecule has 3 heteroatoms. The van der Waals surface area contributed by atoms with Gasteiger partial charge < -0.3 is 0 Å². The summed E-state index contributed by atoms with van der Waals surface area (Å²) in [5.74, 6) is 0. The monoisotopic (exact) mass is 232 g/mol. The number of benzene rings is 1. The summed E-state index contributed by atoms with van der Waals surface area (Å²) in [7, 11) is 0. The van der Waals surface area contributed by atoms with Crippen molar-refractivity contribution in [3.63, 3.8) is 0 Å². The average Bonchev–Trinajstić information content (AvgIpc) is 2.65. The van der Waals surface area contributed by atoms with Gasteiger partial charge in [0.15, 0.2) is 0 Å². The van der Waals surface area contributed by atoms with E-state index in [4.69, 9.17) is 0 Å². The molecule has 0 fully saturated rings. The molecule has 2 aromatic rings. The molecule has 0 aliphatic carbocycles. The van der Waals surface area contributed by atoms with Crippen LogP contribution in [0.4, 0.5) is 0 Å². The lowest BCUT2D eigenvalue weighted by Crippen LogP contribution is -1.85. The molecule has 0 unspecified atom stereocenters. The Bertz CT molecular complexity index is 457. The number of hydrogen-bond acceptors (Lipinski definition) is 2. The second-order valence-electron chi connectivity index (χ2n) is 4.13. The third-order valence-corrected chi connectivity index (χ3v) is 3.24. The Morgan fingerprint density at radius 2 is 1.88 bits per heavy atom. The van der Waals surface area contributed by atoms with E-state index in [-0.39, 0.29) is 0 Å². The van der Waals surface area contributed by atoms with Gasteiger partial charge in [0.2, 0.25) is 0 Å². The maximum Gasteiger partial charge on any atom is 0.0923 e. The number of nitrogens with one attached hydrogen (secondary N) is 1. The quantitative estimate of drug-likeness (QED) is 0.813. The summed E-state index contributed by atoms with van der Waals surface area (Å²) in [5, 5.41) is 7.83. The van der Waals surface area contributed by atoms with Crippen molar-refractivity contribution in [2.45, 2.75) is 30.9 Å². The smallest absolute Gasteiger partial charge is 0.0923 e. The van der Waals surface area contributed by atoms with Crippen molar-refractivity contribution >= 4 is 11.8 Å². The molecule has 1 N–H and O–H groups in total. The Balaban J connectivity index is 2.19. The van der Waals surface area contributed by atoms with Crippen LogP contribution in [0.2, 0.25) is 0 Å². The van der Waals surface area contributed by atoms with Gasteiger partial charge in [0, 0.05) is 21.4 Å². The second kappa shape index (κ2) is 4.74. The largest absolute Gasteiger partial charge is 0.282 e. The highest BCUT2D eigenvalue weighted by Crippen LogP contribution is 2.25. The molecule has 2 nitrogen and oxygen atoms in total. The average molecular weight is 232 g/mol. The molecular formula is C13H16N2S. The Morgan fingerprint density at radius 1 is 1.19 bits per heavy atom. The maximum atomic E-state index is 4.24. The molecule has 2 rings (SSSR count). The van der Waals surface area contributed by atoms with E-state index in [1.54, 1.807) is 0 Å². The fraction of sp³-hybridized carbons (Fsp3) is 0.308. The summed E-state index contributed by atoms with van der Waals surface area (Å²) in [4.78, 5) is 1.31. The molecule has 0 aliphatic heterocycles. The lowest BCUT2D eigenvalue weighted by molar-refractivity contribution is 1.05. The zero-order valence-electron chi connectivity index (χ0n) is 9.82. The number of aryl methyl sites for hydroxylation is 1. The molecule has 0 saturated heterocycles. The van der Waals surface area contributed by atoms with Gasteiger partial charge in [-0.1, -0.05) is 26.0 Å². The second-order valence-corrected chi connectivity index (χ2v) is 5.78. The molecule has 0 saturated carbocycles. The SMILES string of the molecule is Cc1cc(-c2ccc(SC(C)C)cc2)n[nH]1. The molecule has 1 aromatic carbocycles. The summed E-state index contributed by atoms with van der Waals surface area (Å²) >= 11 is 1.88. The molecule has 1 aromatic heterocycles. The molecule has 0 spiro atoms. The summed E-state index contributed by atoms with van der Waals surface area (Å²) in [6.07, 6.45) is 0. The van der Waals surface area contributed by atoms with E-state index in [1.165, 1.54) is 4.90 Å². The van der Waals surface area contributed by atoms with Gasteiger partial charge in [-0.2, -0.15) is 5.10 Å². The van der Waals surface area contributed by atoms with Crippen molar-refractivity contribution in [3.05, 3.63) is 36.0 Å². The van der Waals surface area contributed by atoms with Crippen molar-refractivity contribution in [2.24, 2.45) is 0 Å². The molecule has 0 bridgehead atoms. The molecule has 0 aliphatic rings. The lowest BCUT2D eigenvalue weighted by Gasteiger charge is -2.04. The highest BCUT2D eigenvalue weighted by atomic mass is 32.2. The zero-order valence-corrected chi connectivity index (χ0v) is 10.6. The van der Waals surface area contributed by atoms with E-state index in [0.717, 1.165) is 17.0 Å². The van der Waals surface area contributed by atoms with Crippen molar-refractivity contribution < 1.29 is 0 Å². The lowest BCUT2D eigenvalue weighted by atomic mass is 10.1. The van der Waals surface area contributed by atoms with Crippen LogP contribution in [0.3, 0.4) is 0 Å². The van der Waals surface area contributed by atoms with Crippen molar-refractivity contribution in [2.75, 3.05) is 0 Å². The van der Waals surface area contributed by atoms with Gasteiger partial charge in [-0.15, -0.1) is 11.8 Å². The molecule has 16 heavy (non-hydrogen) atoms. The fourth-order valence-corrected chi connectivity index (χ4v) is 2.38. The molecule has 1 heterocycles. The van der Waals surface area contributed by atoms with E-state index in [2.05, 4.69) is 54.4 Å². The van der Waals surface area contributed by atoms with Crippen molar-refractivity contribution in [3.8, 4) is 11.3 Å². The van der Waals surface area contributed by atoms with Crippen molar-refractivity contribution in [1.82, 2.24) is 10.2 Å². The normalized spacial score (nSPS) is 11.0. The Labute approximate surface area is 100 Å². The Morgan fingerprint density at radius 3 is 2.38 bits per heavy atom. The molecule has 0 amide bonds. The summed E-state index contributed by atoms with van der Waals surface area (Å²) in [5.41, 5.74) is 3.27. The van der Waals surface area contributed by atoms with E-state index in [9.17, 15) is 0 Å². The van der Waals surface area contributed by atoms with Crippen LogP contribution >= 0.6 is 11.8 Å². The van der Waals surface area contributed by atoms with E-state index < -0.39 is 0 Å². The van der Waals surface area contributed by atoms with Crippen LogP contribution in [0.1, 0.15) is 19.5 Å². The number of rotatable bonds is 3. The summed E-state index contributed by atoms with van der Waals surface area (Å²) in [6.45, 7) is 6.42. The van der Waals surface area contributed by atoms with Gasteiger partial charge in [-0.3, -0.25) is 5.10 Å². The van der Waals surface area contributed by atoms with Gasteiger partial charge in [-0.25, -0.2) is 0 Å². The maximum absolute atomic E-state index is 4.24. The predicted molar refractivity (Wildman–Crippen MR) is 69.8 cm³/mol. The van der Waals surface area contributed by atoms with Gasteiger partial charge in [0.05, 0.1) is 5.69 Å². The number of H-pyrrole nitrogens is 1. The summed E-state index contributed by atoms with van der Waals surface area (Å²) in [6, 6.07) is 10.6. The minimum Gasteiger partial charge on any atom is -0.282 e. The van der Waals surface area contributed by atoms with Gasteiger partial charge >= 0.3 is 0 Å². The first-order valence-electron chi connectivity index (χ1n) is 5.44. The number of nitrogens with zero attached hydrogens (tertiary/aromatic N) is 1. The van der Waals surface area contributed by atoms with Crippen LogP contribution in [0, 0.1) is 6.92 Å². The van der Waals surface area contributed by atoms with Crippen LogP contribution in [0.25, 0.3) is 11.3 Å². The van der Waals surface area contributed by atoms with Gasteiger partial charge in [-0.05, 0) is 25.1 Å². The van der Waals surface area contributed by atoms with Crippen LogP contribution < -0.4 is 0 Å². The first kappa shape index (κ1) is 11.3. The minimum absolute atomic E-state index is 0.624. The van der Waals surface area contributed by atoms with Crippen LogP contribution in [0.15, 0.2) is 35.2 Å². The molecular weight excluding hydrogens is 216 g/mol. The van der Waals surface area contributed by atoms with Crippen LogP contribution in [0.5, 0.6) is 0 Å². The first-order valence-corrected chi connectivity index (χ1v) is 6.32. The third kappa shape index (κ3) is 2.67. The van der Waals surface area contributed by atoms with E-state index >= 15 is 0 Å². The standard InChI is InChI=1S/C13H16N2S/c1-9(2)16-12-6-4-11(5-7-12)13-8-10(3)14-15-13/h4-9H,1-3H3,(H,14,15). The molecule has 0 radical (unpaired) electrons. The highest BCUT2D eigenvalue weighted by Gasteiger charge is 2.02. The van der Waals surface area contributed by atoms with E-state index in [1.807, 2.05) is 18.7 Å². The van der Waals surface area contributed by atoms with Crippen LogP contribution in [-0.4, -0.2) is 15.4 Å². The fourth-order valence-electron chi connectivity index (χ4n) is 1.54. The number of thioether (sulfide) groups is 1. The van der Waals surface area contributed by atoms with E-state index in [0.29, 0.717) is 5.25 Å². The minimum atomic E-state index is 0.624. The van der Waals surface area contributed by atoms with Crippen molar-refractivity contribution in [1.29, 1.82) is 0 Å². The number of hydrogen-bond donors (Lipinski definition) is 1.